The summed E-state index contributed by atoms with van der Waals surface area (Å²) in [6, 6.07) is 0. The van der Waals surface area contributed by atoms with E-state index in [0.29, 0.717) is 0 Å². The molecule has 1 N–H and O–H groups in total. The Labute approximate surface area is 92.1 Å². The lowest BCUT2D eigenvalue weighted by atomic mass is 10.1. The average Bonchev–Trinajstić information content (AvgIpc) is 2.26. The van der Waals surface area contributed by atoms with E-state index in [-0.39, 0.29) is 11.7 Å². The van der Waals surface area contributed by atoms with Gasteiger partial charge in [0, 0.05) is 0 Å². The molecule has 0 saturated heterocycles. The van der Waals surface area contributed by atoms with E-state index in [1.165, 1.54) is 12.8 Å². The molecule has 0 amide bonds. The quantitative estimate of drug-likeness (QED) is 0.306. The van der Waals surface area contributed by atoms with Crippen LogP contribution in [0.25, 0.3) is 0 Å². The maximum Gasteiger partial charge on any atom is 0.337 e. The van der Waals surface area contributed by atoms with Crippen molar-refractivity contribution in [1.29, 1.82) is 0 Å². The molecular formula is C12H22O3. The third-order valence-corrected chi connectivity index (χ3v) is 2.37. The fourth-order valence-electron chi connectivity index (χ4n) is 1.27. The lowest BCUT2D eigenvalue weighted by Gasteiger charge is -2.15. The number of aliphatic hydroxyl groups excluding tert-OH is 1. The van der Waals surface area contributed by atoms with Crippen LogP contribution in [0.2, 0.25) is 0 Å². The summed E-state index contributed by atoms with van der Waals surface area (Å²) in [6.45, 7) is 5.69. The van der Waals surface area contributed by atoms with Crippen molar-refractivity contribution in [2.24, 2.45) is 0 Å². The Kier molecular flexibility index (Phi) is 7.78. The Morgan fingerprint density at radius 3 is 2.53 bits per heavy atom. The van der Waals surface area contributed by atoms with Crippen molar-refractivity contribution in [2.45, 2.75) is 59.0 Å². The molecule has 0 aromatic carbocycles. The summed E-state index contributed by atoms with van der Waals surface area (Å²) < 4.78 is 5.23. The van der Waals surface area contributed by atoms with Gasteiger partial charge in [0.25, 0.3) is 0 Å². The fraction of sp³-hybridized carbons (Fsp3) is 0.750. The maximum absolute atomic E-state index is 11.3. The van der Waals surface area contributed by atoms with Crippen LogP contribution in [0.1, 0.15) is 52.9 Å². The Balaban J connectivity index is 3.93. The number of hydrogen-bond donors (Lipinski definition) is 1. The van der Waals surface area contributed by atoms with Gasteiger partial charge in [0.15, 0.2) is 0 Å². The molecule has 0 fully saturated rings. The van der Waals surface area contributed by atoms with Crippen molar-refractivity contribution in [2.75, 3.05) is 0 Å². The molecule has 0 radical (unpaired) electrons. The van der Waals surface area contributed by atoms with Crippen LogP contribution in [0.3, 0.4) is 0 Å². The number of aliphatic hydroxyl groups is 1. The minimum Gasteiger partial charge on any atom is -0.515 e. The Bertz CT molecular complexity index is 209. The van der Waals surface area contributed by atoms with Gasteiger partial charge in [-0.15, -0.1) is 0 Å². The van der Waals surface area contributed by atoms with Crippen LogP contribution >= 0.6 is 0 Å². The molecule has 0 bridgehead atoms. The van der Waals surface area contributed by atoms with Gasteiger partial charge in [-0.3, -0.25) is 0 Å². The lowest BCUT2D eigenvalue weighted by Crippen LogP contribution is -2.18. The topological polar surface area (TPSA) is 46.5 Å². The van der Waals surface area contributed by atoms with Crippen molar-refractivity contribution in [1.82, 2.24) is 0 Å². The second-order valence-electron chi connectivity index (χ2n) is 3.74. The number of ether oxygens (including phenoxy) is 1. The van der Waals surface area contributed by atoms with Gasteiger partial charge in [-0.1, -0.05) is 26.7 Å². The number of hydrogen-bond acceptors (Lipinski definition) is 3. The van der Waals surface area contributed by atoms with E-state index in [0.717, 1.165) is 25.5 Å². The predicted octanol–water partition coefficient (Wildman–Crippen LogP) is 3.35. The molecule has 15 heavy (non-hydrogen) atoms. The summed E-state index contributed by atoms with van der Waals surface area (Å²) in [6.07, 6.45) is 5.94. The second-order valence-corrected chi connectivity index (χ2v) is 3.74. The van der Waals surface area contributed by atoms with Gasteiger partial charge in [0.05, 0.1) is 11.8 Å². The first-order chi connectivity index (χ1) is 7.15. The summed E-state index contributed by atoms with van der Waals surface area (Å²) in [5, 5.41) is 8.64. The van der Waals surface area contributed by atoms with Crippen LogP contribution in [-0.2, 0) is 9.53 Å². The molecule has 0 rings (SSSR count). The van der Waals surface area contributed by atoms with Crippen LogP contribution in [-0.4, -0.2) is 17.2 Å². The maximum atomic E-state index is 11.3. The van der Waals surface area contributed by atoms with E-state index < -0.39 is 5.97 Å². The molecule has 0 aromatic heterocycles. The van der Waals surface area contributed by atoms with Crippen molar-refractivity contribution < 1.29 is 14.6 Å². The molecule has 3 heteroatoms. The molecule has 0 saturated carbocycles. The highest BCUT2D eigenvalue weighted by Gasteiger charge is 2.13. The highest BCUT2D eigenvalue weighted by molar-refractivity contribution is 5.87. The first kappa shape index (κ1) is 14.0. The van der Waals surface area contributed by atoms with Gasteiger partial charge in [0.2, 0.25) is 0 Å². The number of carbonyl (C=O) groups excluding carboxylic acids is 1. The number of rotatable bonds is 7. The zero-order valence-corrected chi connectivity index (χ0v) is 9.95. The zero-order chi connectivity index (χ0) is 11.7. The summed E-state index contributed by atoms with van der Waals surface area (Å²) in [5.41, 5.74) is 0.254. The molecule has 0 spiro atoms. The molecular weight excluding hydrogens is 192 g/mol. The fourth-order valence-corrected chi connectivity index (χ4v) is 1.27. The van der Waals surface area contributed by atoms with Crippen LogP contribution in [0.5, 0.6) is 0 Å². The summed E-state index contributed by atoms with van der Waals surface area (Å²) in [5.74, 6) is -0.416. The van der Waals surface area contributed by atoms with Gasteiger partial charge < -0.3 is 9.84 Å². The van der Waals surface area contributed by atoms with Crippen LogP contribution < -0.4 is 0 Å². The Morgan fingerprint density at radius 2 is 2.07 bits per heavy atom. The van der Waals surface area contributed by atoms with E-state index in [2.05, 4.69) is 6.92 Å². The number of carbonyl (C=O) groups is 1. The summed E-state index contributed by atoms with van der Waals surface area (Å²) in [4.78, 5) is 11.3. The minimum atomic E-state index is -0.416. The molecule has 0 aromatic rings. The number of esters is 1. The standard InChI is InChI=1S/C12H22O3/c1-4-6-7-8-11(5-2)15-12(14)10(3)9-13/h9,11,13H,4-8H2,1-3H3. The van der Waals surface area contributed by atoms with Gasteiger partial charge in [0.1, 0.15) is 6.10 Å². The minimum absolute atomic E-state index is 0.0149. The second kappa shape index (κ2) is 8.33. The van der Waals surface area contributed by atoms with Gasteiger partial charge in [-0.2, -0.15) is 0 Å². The zero-order valence-electron chi connectivity index (χ0n) is 9.95. The summed E-state index contributed by atoms with van der Waals surface area (Å²) in [7, 11) is 0. The molecule has 3 nitrogen and oxygen atoms in total. The largest absolute Gasteiger partial charge is 0.515 e. The molecule has 0 aliphatic heterocycles. The lowest BCUT2D eigenvalue weighted by molar-refractivity contribution is -0.144. The highest BCUT2D eigenvalue weighted by Crippen LogP contribution is 2.11. The first-order valence-electron chi connectivity index (χ1n) is 5.67. The normalized spacial score (nSPS) is 13.7. The summed E-state index contributed by atoms with van der Waals surface area (Å²) >= 11 is 0. The Hall–Kier alpha value is -0.990. The monoisotopic (exact) mass is 214 g/mol. The molecule has 88 valence electrons. The van der Waals surface area contributed by atoms with Gasteiger partial charge in [-0.25, -0.2) is 4.79 Å². The Morgan fingerprint density at radius 1 is 1.40 bits per heavy atom. The van der Waals surface area contributed by atoms with Crippen molar-refractivity contribution in [3.8, 4) is 0 Å². The van der Waals surface area contributed by atoms with E-state index in [1.807, 2.05) is 6.92 Å². The van der Waals surface area contributed by atoms with Crippen LogP contribution in [0.15, 0.2) is 11.8 Å². The highest BCUT2D eigenvalue weighted by atomic mass is 16.5. The first-order valence-corrected chi connectivity index (χ1v) is 5.67. The van der Waals surface area contributed by atoms with Gasteiger partial charge in [-0.05, 0) is 26.2 Å². The molecule has 1 unspecified atom stereocenters. The van der Waals surface area contributed by atoms with E-state index in [1.54, 1.807) is 6.92 Å². The van der Waals surface area contributed by atoms with E-state index >= 15 is 0 Å². The molecule has 0 aliphatic carbocycles. The van der Waals surface area contributed by atoms with Crippen molar-refractivity contribution >= 4 is 5.97 Å². The smallest absolute Gasteiger partial charge is 0.337 e. The molecule has 0 aliphatic rings. The number of unbranched alkanes of at least 4 members (excludes halogenated alkanes) is 2. The van der Waals surface area contributed by atoms with E-state index in [9.17, 15) is 4.79 Å². The van der Waals surface area contributed by atoms with Crippen LogP contribution in [0, 0.1) is 0 Å². The van der Waals surface area contributed by atoms with Gasteiger partial charge >= 0.3 is 5.97 Å². The SMILES string of the molecule is CCCCCC(CC)OC(=O)C(C)=CO. The third-order valence-electron chi connectivity index (χ3n) is 2.37. The van der Waals surface area contributed by atoms with Crippen LogP contribution in [0.4, 0.5) is 0 Å². The molecule has 1 atom stereocenters. The van der Waals surface area contributed by atoms with E-state index in [4.69, 9.17) is 9.84 Å². The third kappa shape index (κ3) is 6.15. The van der Waals surface area contributed by atoms with Crippen molar-refractivity contribution in [3.05, 3.63) is 11.8 Å². The predicted molar refractivity (Wildman–Crippen MR) is 60.7 cm³/mol. The average molecular weight is 214 g/mol. The van der Waals surface area contributed by atoms with Crippen molar-refractivity contribution in [3.63, 3.8) is 0 Å². The molecule has 0 heterocycles.